The Hall–Kier alpha value is -1.92. The molecule has 1 heterocycles. The predicted octanol–water partition coefficient (Wildman–Crippen LogP) is 5.60. The Morgan fingerprint density at radius 1 is 1.07 bits per heavy atom. The van der Waals surface area contributed by atoms with Crippen LogP contribution < -0.4 is 4.90 Å². The van der Waals surface area contributed by atoms with Crippen molar-refractivity contribution in [3.05, 3.63) is 64.1 Å². The lowest BCUT2D eigenvalue weighted by Gasteiger charge is -2.19. The highest BCUT2D eigenvalue weighted by molar-refractivity contribution is 7.22. The molecular formula is C21H21Cl2N3OS. The lowest BCUT2D eigenvalue weighted by atomic mass is 10.2. The first-order valence-electron chi connectivity index (χ1n) is 8.89. The highest BCUT2D eigenvalue weighted by atomic mass is 35.5. The third-order valence-electron chi connectivity index (χ3n) is 4.15. The summed E-state index contributed by atoms with van der Waals surface area (Å²) < 4.78 is 0.961. The van der Waals surface area contributed by atoms with E-state index in [0.717, 1.165) is 28.7 Å². The van der Waals surface area contributed by atoms with E-state index in [0.29, 0.717) is 21.7 Å². The zero-order valence-electron chi connectivity index (χ0n) is 15.7. The second kappa shape index (κ2) is 9.52. The van der Waals surface area contributed by atoms with E-state index in [1.165, 1.54) is 11.3 Å². The van der Waals surface area contributed by atoms with E-state index < -0.39 is 0 Å². The summed E-state index contributed by atoms with van der Waals surface area (Å²) in [4.78, 5) is 21.4. The van der Waals surface area contributed by atoms with Gasteiger partial charge in [0.25, 0.3) is 5.91 Å². The molecule has 0 spiro atoms. The van der Waals surface area contributed by atoms with Gasteiger partial charge in [0.15, 0.2) is 5.13 Å². The molecule has 2 aromatic carbocycles. The molecule has 28 heavy (non-hydrogen) atoms. The zero-order chi connectivity index (χ0) is 20.1. The van der Waals surface area contributed by atoms with Gasteiger partial charge in [-0.05, 0) is 56.9 Å². The summed E-state index contributed by atoms with van der Waals surface area (Å²) in [6.45, 7) is 1.45. The van der Waals surface area contributed by atoms with E-state index in [1.807, 2.05) is 50.5 Å². The topological polar surface area (TPSA) is 36.4 Å². The molecule has 146 valence electrons. The Labute approximate surface area is 179 Å². The number of aromatic nitrogens is 1. The highest BCUT2D eigenvalue weighted by Crippen LogP contribution is 2.33. The Kier molecular flexibility index (Phi) is 7.08. The SMILES string of the molecule is CN(C)CCCN(C(=O)C=Cc1ccccc1Cl)c1nc2c(Cl)cccc2s1. The second-order valence-electron chi connectivity index (χ2n) is 6.58. The maximum Gasteiger partial charge on any atom is 0.252 e. The predicted molar refractivity (Wildman–Crippen MR) is 121 cm³/mol. The molecule has 1 aromatic heterocycles. The Morgan fingerprint density at radius 2 is 1.82 bits per heavy atom. The van der Waals surface area contributed by atoms with Gasteiger partial charge in [-0.25, -0.2) is 4.98 Å². The molecule has 4 nitrogen and oxygen atoms in total. The fraction of sp³-hybridized carbons (Fsp3) is 0.238. The first-order chi connectivity index (χ1) is 13.5. The largest absolute Gasteiger partial charge is 0.309 e. The Bertz CT molecular complexity index is 1000. The Morgan fingerprint density at radius 3 is 2.54 bits per heavy atom. The van der Waals surface area contributed by atoms with Crippen LogP contribution in [0.25, 0.3) is 16.3 Å². The number of carbonyl (C=O) groups is 1. The van der Waals surface area contributed by atoms with Crippen molar-refractivity contribution in [2.75, 3.05) is 32.1 Å². The van der Waals surface area contributed by atoms with E-state index in [2.05, 4.69) is 9.88 Å². The number of thiazole rings is 1. The highest BCUT2D eigenvalue weighted by Gasteiger charge is 2.18. The van der Waals surface area contributed by atoms with Gasteiger partial charge in [-0.3, -0.25) is 9.69 Å². The molecule has 1 amide bonds. The number of rotatable bonds is 7. The number of halogens is 2. The van der Waals surface area contributed by atoms with Gasteiger partial charge in [0, 0.05) is 17.6 Å². The average Bonchev–Trinajstić information content (AvgIpc) is 3.09. The summed E-state index contributed by atoms with van der Waals surface area (Å²) in [6, 6.07) is 13.1. The van der Waals surface area contributed by atoms with Crippen molar-refractivity contribution >= 4 is 61.9 Å². The van der Waals surface area contributed by atoms with Gasteiger partial charge >= 0.3 is 0 Å². The summed E-state index contributed by atoms with van der Waals surface area (Å²) in [5.41, 5.74) is 1.53. The molecule has 0 saturated heterocycles. The number of para-hydroxylation sites is 1. The first-order valence-corrected chi connectivity index (χ1v) is 10.5. The van der Waals surface area contributed by atoms with Crippen LogP contribution in [0.4, 0.5) is 5.13 Å². The van der Waals surface area contributed by atoms with Crippen LogP contribution in [0.3, 0.4) is 0 Å². The molecule has 0 atom stereocenters. The zero-order valence-corrected chi connectivity index (χ0v) is 18.1. The number of hydrogen-bond donors (Lipinski definition) is 0. The molecule has 0 aliphatic heterocycles. The van der Waals surface area contributed by atoms with Crippen molar-refractivity contribution in [3.63, 3.8) is 0 Å². The molecule has 0 radical (unpaired) electrons. The number of benzene rings is 2. The van der Waals surface area contributed by atoms with E-state index >= 15 is 0 Å². The first kappa shape index (κ1) is 20.8. The van der Waals surface area contributed by atoms with Crippen molar-refractivity contribution < 1.29 is 4.79 Å². The van der Waals surface area contributed by atoms with Crippen molar-refractivity contribution in [1.82, 2.24) is 9.88 Å². The number of nitrogens with zero attached hydrogens (tertiary/aromatic N) is 3. The molecule has 7 heteroatoms. The molecule has 0 N–H and O–H groups in total. The van der Waals surface area contributed by atoms with Gasteiger partial charge < -0.3 is 4.90 Å². The van der Waals surface area contributed by atoms with Crippen LogP contribution in [-0.4, -0.2) is 43.0 Å². The lowest BCUT2D eigenvalue weighted by molar-refractivity contribution is -0.114. The minimum absolute atomic E-state index is 0.131. The molecule has 0 aliphatic rings. The smallest absolute Gasteiger partial charge is 0.252 e. The number of amides is 1. The van der Waals surface area contributed by atoms with Crippen LogP contribution >= 0.6 is 34.5 Å². The molecule has 3 aromatic rings. The van der Waals surface area contributed by atoms with Gasteiger partial charge in [0.2, 0.25) is 0 Å². The molecule has 0 aliphatic carbocycles. The monoisotopic (exact) mass is 433 g/mol. The molecular weight excluding hydrogens is 413 g/mol. The third-order valence-corrected chi connectivity index (χ3v) is 5.85. The minimum atomic E-state index is -0.131. The molecule has 0 fully saturated rings. The van der Waals surface area contributed by atoms with E-state index in [9.17, 15) is 4.79 Å². The normalized spacial score (nSPS) is 11.6. The number of fused-ring (bicyclic) bond motifs is 1. The lowest BCUT2D eigenvalue weighted by Crippen LogP contribution is -2.32. The molecule has 3 rings (SSSR count). The minimum Gasteiger partial charge on any atom is -0.309 e. The summed E-state index contributed by atoms with van der Waals surface area (Å²) >= 11 is 13.9. The van der Waals surface area contributed by atoms with E-state index in [4.69, 9.17) is 23.2 Å². The molecule has 0 unspecified atom stereocenters. The maximum absolute atomic E-state index is 13.0. The fourth-order valence-corrected chi connectivity index (χ4v) is 4.22. The third kappa shape index (κ3) is 5.11. The standard InChI is InChI=1S/C21H21Cl2N3OS/c1-25(2)13-6-14-26(19(27)12-11-15-7-3-4-8-16(15)22)21-24-20-17(23)9-5-10-18(20)28-21/h3-5,7-12H,6,13-14H2,1-2H3. The van der Waals surface area contributed by atoms with E-state index in [-0.39, 0.29) is 5.91 Å². The summed E-state index contributed by atoms with van der Waals surface area (Å²) in [5, 5.41) is 1.85. The van der Waals surface area contributed by atoms with Crippen LogP contribution in [-0.2, 0) is 4.79 Å². The van der Waals surface area contributed by atoms with Gasteiger partial charge in [0.05, 0.1) is 9.72 Å². The number of carbonyl (C=O) groups excluding carboxylic acids is 1. The van der Waals surface area contributed by atoms with Crippen molar-refractivity contribution in [3.8, 4) is 0 Å². The second-order valence-corrected chi connectivity index (χ2v) is 8.41. The van der Waals surface area contributed by atoms with Crippen molar-refractivity contribution in [1.29, 1.82) is 0 Å². The van der Waals surface area contributed by atoms with Crippen LogP contribution in [0, 0.1) is 0 Å². The van der Waals surface area contributed by atoms with Crippen LogP contribution in [0.15, 0.2) is 48.5 Å². The van der Waals surface area contributed by atoms with Crippen LogP contribution in [0.1, 0.15) is 12.0 Å². The molecule has 0 bridgehead atoms. The molecule has 0 saturated carbocycles. The average molecular weight is 434 g/mol. The van der Waals surface area contributed by atoms with E-state index in [1.54, 1.807) is 23.1 Å². The summed E-state index contributed by atoms with van der Waals surface area (Å²) in [5.74, 6) is -0.131. The summed E-state index contributed by atoms with van der Waals surface area (Å²) in [7, 11) is 4.03. The Balaban J connectivity index is 1.88. The van der Waals surface area contributed by atoms with Crippen molar-refractivity contribution in [2.45, 2.75) is 6.42 Å². The van der Waals surface area contributed by atoms with Gasteiger partial charge in [-0.15, -0.1) is 0 Å². The number of hydrogen-bond acceptors (Lipinski definition) is 4. The summed E-state index contributed by atoms with van der Waals surface area (Å²) in [6.07, 6.45) is 4.12. The van der Waals surface area contributed by atoms with Crippen LogP contribution in [0.2, 0.25) is 10.0 Å². The van der Waals surface area contributed by atoms with Gasteiger partial charge in [0.1, 0.15) is 5.52 Å². The quantitative estimate of drug-likeness (QED) is 0.454. The van der Waals surface area contributed by atoms with Gasteiger partial charge in [-0.2, -0.15) is 0 Å². The number of anilines is 1. The van der Waals surface area contributed by atoms with Crippen molar-refractivity contribution in [2.24, 2.45) is 0 Å². The fourth-order valence-electron chi connectivity index (χ4n) is 2.73. The van der Waals surface area contributed by atoms with Crippen LogP contribution in [0.5, 0.6) is 0 Å². The van der Waals surface area contributed by atoms with Gasteiger partial charge in [-0.1, -0.05) is 58.8 Å². The maximum atomic E-state index is 13.0.